The van der Waals surface area contributed by atoms with Gasteiger partial charge in [0.2, 0.25) is 11.8 Å². The first-order valence-electron chi connectivity index (χ1n) is 15.9. The van der Waals surface area contributed by atoms with Crippen molar-refractivity contribution < 1.29 is 23.5 Å². The molecule has 2 aromatic rings. The van der Waals surface area contributed by atoms with E-state index in [2.05, 4.69) is 34.8 Å². The van der Waals surface area contributed by atoms with Gasteiger partial charge in [-0.15, -0.1) is 0 Å². The predicted octanol–water partition coefficient (Wildman–Crippen LogP) is 4.71. The number of nitrogens with zero attached hydrogens (tertiary/aromatic N) is 2. The topological polar surface area (TPSA) is 113 Å². The van der Waals surface area contributed by atoms with E-state index in [1.54, 1.807) is 17.0 Å². The van der Waals surface area contributed by atoms with Gasteiger partial charge < -0.3 is 20.3 Å². The fourth-order valence-corrected chi connectivity index (χ4v) is 8.76. The molecule has 3 amide bonds. The number of anilines is 1. The van der Waals surface area contributed by atoms with E-state index in [1.807, 2.05) is 6.07 Å². The van der Waals surface area contributed by atoms with E-state index in [9.17, 15) is 14.4 Å². The van der Waals surface area contributed by atoms with Crippen LogP contribution in [0.5, 0.6) is 0 Å². The highest BCUT2D eigenvalue weighted by molar-refractivity contribution is 6.31. The first kappa shape index (κ1) is 30.8. The Morgan fingerprint density at radius 2 is 1.87 bits per heavy atom. The zero-order valence-electron chi connectivity index (χ0n) is 25.4. The second kappa shape index (κ2) is 11.2. The molecule has 9 nitrogen and oxygen atoms in total. The van der Waals surface area contributed by atoms with E-state index in [-0.39, 0.29) is 46.5 Å². The van der Waals surface area contributed by atoms with E-state index in [4.69, 9.17) is 27.9 Å². The lowest BCUT2D eigenvalue weighted by molar-refractivity contribution is -0.151. The minimum Gasteiger partial charge on any atom is -0.366 e. The third-order valence-corrected chi connectivity index (χ3v) is 11.5. The summed E-state index contributed by atoms with van der Waals surface area (Å²) in [6.45, 7) is 6.11. The zero-order valence-corrected chi connectivity index (χ0v) is 26.9. The Hall–Kier alpha value is -2.79. The van der Waals surface area contributed by atoms with Gasteiger partial charge in [-0.25, -0.2) is 9.37 Å². The molecule has 2 spiro atoms. The van der Waals surface area contributed by atoms with Gasteiger partial charge >= 0.3 is 0 Å². The van der Waals surface area contributed by atoms with E-state index in [0.29, 0.717) is 42.0 Å². The summed E-state index contributed by atoms with van der Waals surface area (Å²) in [5, 5.41) is 9.99. The number of benzene rings is 1. The van der Waals surface area contributed by atoms with Gasteiger partial charge in [0.25, 0.3) is 5.91 Å². The standard InChI is InChI=1S/C33H38Cl2FN5O4/c1-31(2)9-11-32(12-10-31)33(21-6-4-18(34)16-22(21)39-30(33)44)24(20-8-13-37-27(35)25(20)36)26(40-32)28(42)38-19-5-7-23(45-17-19)29(43)41-14-3-15-41/h4,6,8,13,16,19,23-24,26,40H,3,5,7,9-12,14-15,17H2,1-2H3,(H,38,42)(H,39,44)/t19-,23+,24?,26?,33?/m1/s1. The summed E-state index contributed by atoms with van der Waals surface area (Å²) in [7, 11) is 0. The molecule has 3 saturated heterocycles. The van der Waals surface area contributed by atoms with Gasteiger partial charge in [0.15, 0.2) is 11.0 Å². The van der Waals surface area contributed by atoms with Gasteiger partial charge in [-0.3, -0.25) is 19.7 Å². The van der Waals surface area contributed by atoms with Crippen LogP contribution in [-0.2, 0) is 24.5 Å². The molecule has 3 unspecified atom stereocenters. The lowest BCUT2D eigenvalue weighted by atomic mass is 9.53. The summed E-state index contributed by atoms with van der Waals surface area (Å²) in [6, 6.07) is 5.48. The maximum absolute atomic E-state index is 16.1. The van der Waals surface area contributed by atoms with Crippen LogP contribution in [0.4, 0.5) is 10.1 Å². The van der Waals surface area contributed by atoms with Crippen LogP contribution in [0.2, 0.25) is 10.2 Å². The van der Waals surface area contributed by atoms with Crippen LogP contribution in [0.15, 0.2) is 30.5 Å². The molecule has 7 rings (SSSR count). The van der Waals surface area contributed by atoms with Gasteiger partial charge in [-0.1, -0.05) is 43.1 Å². The molecule has 5 heterocycles. The number of carbonyl (C=O) groups is 3. The average Bonchev–Trinajstić information content (AvgIpc) is 3.43. The highest BCUT2D eigenvalue weighted by Crippen LogP contribution is 2.64. The Bertz CT molecular complexity index is 1550. The molecule has 4 fully saturated rings. The molecule has 0 radical (unpaired) electrons. The lowest BCUT2D eigenvalue weighted by Gasteiger charge is -2.50. The Labute approximate surface area is 271 Å². The molecular formula is C33H38Cl2FN5O4. The Kier molecular flexibility index (Phi) is 7.66. The summed E-state index contributed by atoms with van der Waals surface area (Å²) < 4.78 is 22.0. The van der Waals surface area contributed by atoms with Crippen molar-refractivity contribution in [2.75, 3.05) is 25.0 Å². The fourth-order valence-electron chi connectivity index (χ4n) is 8.42. The number of hydrogen-bond donors (Lipinski definition) is 3. The van der Waals surface area contributed by atoms with Crippen LogP contribution >= 0.6 is 23.2 Å². The summed E-state index contributed by atoms with van der Waals surface area (Å²) in [5.74, 6) is -2.35. The summed E-state index contributed by atoms with van der Waals surface area (Å²) in [5.41, 5.74) is -0.764. The summed E-state index contributed by atoms with van der Waals surface area (Å²) >= 11 is 12.6. The predicted molar refractivity (Wildman–Crippen MR) is 168 cm³/mol. The van der Waals surface area contributed by atoms with E-state index >= 15 is 4.39 Å². The quantitative estimate of drug-likeness (QED) is 0.411. The molecule has 1 saturated carbocycles. The largest absolute Gasteiger partial charge is 0.366 e. The van der Waals surface area contributed by atoms with Crippen molar-refractivity contribution in [1.29, 1.82) is 0 Å². The van der Waals surface area contributed by atoms with Gasteiger partial charge in [0.05, 0.1) is 18.7 Å². The summed E-state index contributed by atoms with van der Waals surface area (Å²) in [6.07, 6.45) is 5.79. The van der Waals surface area contributed by atoms with Crippen molar-refractivity contribution in [3.8, 4) is 0 Å². The van der Waals surface area contributed by atoms with Gasteiger partial charge in [-0.05, 0) is 79.7 Å². The molecule has 0 bridgehead atoms. The number of pyridine rings is 1. The molecule has 240 valence electrons. The molecule has 12 heteroatoms. The van der Waals surface area contributed by atoms with Gasteiger partial charge in [0.1, 0.15) is 11.5 Å². The highest BCUT2D eigenvalue weighted by atomic mass is 35.5. The minimum atomic E-state index is -1.34. The molecule has 4 aliphatic heterocycles. The minimum absolute atomic E-state index is 0.00344. The molecule has 5 aliphatic rings. The Morgan fingerprint density at radius 1 is 1.11 bits per heavy atom. The Balaban J connectivity index is 1.28. The van der Waals surface area contributed by atoms with Crippen molar-refractivity contribution in [3.05, 3.63) is 57.6 Å². The first-order valence-corrected chi connectivity index (χ1v) is 16.6. The second-order valence-electron chi connectivity index (χ2n) is 14.1. The molecule has 1 aromatic carbocycles. The number of fused-ring (bicyclic) bond motifs is 3. The normalized spacial score (nSPS) is 31.4. The number of nitrogens with one attached hydrogen (secondary N) is 3. The van der Waals surface area contributed by atoms with Crippen LogP contribution in [0.3, 0.4) is 0 Å². The number of ether oxygens (including phenoxy) is 1. The SMILES string of the molecule is CC1(C)CCC2(CC1)NC(C(=O)N[C@@H]1CC[C@@H](C(=O)N3CCC3)OC1)C(c1ccnc(Cl)c1F)C21C(=O)Nc2cc(Cl)ccc21. The van der Waals surface area contributed by atoms with Crippen LogP contribution in [0.25, 0.3) is 0 Å². The van der Waals surface area contributed by atoms with Crippen LogP contribution < -0.4 is 16.0 Å². The average molecular weight is 659 g/mol. The first-order chi connectivity index (χ1) is 21.5. The molecule has 45 heavy (non-hydrogen) atoms. The van der Waals surface area contributed by atoms with Crippen LogP contribution in [0, 0.1) is 11.2 Å². The van der Waals surface area contributed by atoms with Crippen molar-refractivity contribution in [1.82, 2.24) is 20.5 Å². The molecule has 3 N–H and O–H groups in total. The number of carbonyl (C=O) groups excluding carboxylic acids is 3. The molecular weight excluding hydrogens is 620 g/mol. The third-order valence-electron chi connectivity index (χ3n) is 11.0. The van der Waals surface area contributed by atoms with Gasteiger partial charge in [-0.2, -0.15) is 0 Å². The number of aromatic nitrogens is 1. The lowest BCUT2D eigenvalue weighted by Crippen LogP contribution is -2.61. The molecule has 1 aromatic heterocycles. The summed E-state index contributed by atoms with van der Waals surface area (Å²) in [4.78, 5) is 47.4. The van der Waals surface area contributed by atoms with Crippen LogP contribution in [0.1, 0.15) is 75.8 Å². The van der Waals surface area contributed by atoms with Gasteiger partial charge in [0, 0.05) is 41.5 Å². The zero-order chi connectivity index (χ0) is 31.7. The van der Waals surface area contributed by atoms with Crippen LogP contribution in [-0.4, -0.2) is 71.0 Å². The third kappa shape index (κ3) is 4.86. The van der Waals surface area contributed by atoms with E-state index < -0.39 is 34.8 Å². The maximum atomic E-state index is 16.1. The number of halogens is 3. The second-order valence-corrected chi connectivity index (χ2v) is 14.9. The number of rotatable bonds is 4. The monoisotopic (exact) mass is 657 g/mol. The number of likely N-dealkylation sites (tertiary alicyclic amines) is 1. The number of amides is 3. The Morgan fingerprint density at radius 3 is 2.53 bits per heavy atom. The number of hydrogen-bond acceptors (Lipinski definition) is 6. The van der Waals surface area contributed by atoms with Crippen molar-refractivity contribution in [2.24, 2.45) is 5.41 Å². The maximum Gasteiger partial charge on any atom is 0.251 e. The molecule has 5 atom stereocenters. The fraction of sp³-hybridized carbons (Fsp3) is 0.576. The van der Waals surface area contributed by atoms with E-state index in [0.717, 1.165) is 32.4 Å². The highest BCUT2D eigenvalue weighted by Gasteiger charge is 2.73. The van der Waals surface area contributed by atoms with Crippen molar-refractivity contribution in [2.45, 2.75) is 93.9 Å². The smallest absolute Gasteiger partial charge is 0.251 e. The van der Waals surface area contributed by atoms with Crippen molar-refractivity contribution in [3.63, 3.8) is 0 Å². The molecule has 1 aliphatic carbocycles. The van der Waals surface area contributed by atoms with Crippen molar-refractivity contribution >= 4 is 46.6 Å². The van der Waals surface area contributed by atoms with E-state index in [1.165, 1.54) is 12.3 Å².